The summed E-state index contributed by atoms with van der Waals surface area (Å²) in [5.41, 5.74) is 1.82. The molecule has 0 fully saturated rings. The molecule has 0 saturated carbocycles. The highest BCUT2D eigenvalue weighted by molar-refractivity contribution is 6.02. The van der Waals surface area contributed by atoms with Gasteiger partial charge in [-0.1, -0.05) is 6.92 Å². The van der Waals surface area contributed by atoms with Gasteiger partial charge in [0, 0.05) is 50.3 Å². The molecule has 1 aromatic rings. The first kappa shape index (κ1) is 22.2. The zero-order chi connectivity index (χ0) is 20.5. The molecule has 156 valence electrons. The lowest BCUT2D eigenvalue weighted by molar-refractivity contribution is -0.139. The van der Waals surface area contributed by atoms with Crippen molar-refractivity contribution in [2.45, 2.75) is 52.2 Å². The first-order valence-corrected chi connectivity index (χ1v) is 10.1. The minimum atomic E-state index is -0.251. The van der Waals surface area contributed by atoms with Crippen molar-refractivity contribution in [1.82, 2.24) is 10.6 Å². The maximum Gasteiger partial charge on any atom is 0.254 e. The van der Waals surface area contributed by atoms with E-state index >= 15 is 0 Å². The van der Waals surface area contributed by atoms with Crippen LogP contribution in [-0.2, 0) is 9.47 Å². The minimum Gasteiger partial charge on any atom is -0.492 e. The summed E-state index contributed by atoms with van der Waals surface area (Å²) in [5, 5.41) is 5.54. The molecule has 0 bridgehead atoms. The molecule has 1 unspecified atom stereocenters. The van der Waals surface area contributed by atoms with Crippen LogP contribution < -0.4 is 15.4 Å². The Morgan fingerprint density at radius 3 is 2.50 bits per heavy atom. The highest BCUT2D eigenvalue weighted by Crippen LogP contribution is 2.39. The number of carbonyl (C=O) groups excluding carboxylic acids is 2. The normalized spacial score (nSPS) is 15.2. The average Bonchev–Trinajstić information content (AvgIpc) is 3.13. The summed E-state index contributed by atoms with van der Waals surface area (Å²) in [5.74, 6) is 0.348. The van der Waals surface area contributed by atoms with E-state index in [4.69, 9.17) is 14.2 Å². The number of nitrogens with one attached hydrogen (secondary N) is 2. The minimum absolute atomic E-state index is 0.195. The lowest BCUT2D eigenvalue weighted by Crippen LogP contribution is -2.27. The number of amides is 2. The predicted molar refractivity (Wildman–Crippen MR) is 107 cm³/mol. The van der Waals surface area contributed by atoms with Gasteiger partial charge in [-0.05, 0) is 38.8 Å². The molecule has 1 aliphatic rings. The summed E-state index contributed by atoms with van der Waals surface area (Å²) in [6.07, 6.45) is 2.10. The van der Waals surface area contributed by atoms with Crippen LogP contribution in [0.2, 0.25) is 0 Å². The largest absolute Gasteiger partial charge is 0.492 e. The Kier molecular flexibility index (Phi) is 8.73. The van der Waals surface area contributed by atoms with Crippen LogP contribution in [0.5, 0.6) is 5.75 Å². The first-order chi connectivity index (χ1) is 13.5. The smallest absolute Gasteiger partial charge is 0.254 e. The van der Waals surface area contributed by atoms with E-state index in [9.17, 15) is 9.59 Å². The van der Waals surface area contributed by atoms with Crippen molar-refractivity contribution < 1.29 is 23.8 Å². The highest BCUT2D eigenvalue weighted by atomic mass is 16.7. The molecule has 0 spiro atoms. The summed E-state index contributed by atoms with van der Waals surface area (Å²) in [6, 6.07) is 3.45. The van der Waals surface area contributed by atoms with Crippen LogP contribution in [-0.4, -0.2) is 51.5 Å². The van der Waals surface area contributed by atoms with Crippen molar-refractivity contribution in [1.29, 1.82) is 0 Å². The van der Waals surface area contributed by atoms with Crippen molar-refractivity contribution in [3.05, 3.63) is 28.8 Å². The molecule has 1 aliphatic heterocycles. The maximum absolute atomic E-state index is 12.7. The Bertz CT molecular complexity index is 671. The van der Waals surface area contributed by atoms with E-state index in [-0.39, 0.29) is 24.0 Å². The summed E-state index contributed by atoms with van der Waals surface area (Å²) in [6.45, 7) is 8.16. The third-order valence-electron chi connectivity index (χ3n) is 4.82. The fourth-order valence-corrected chi connectivity index (χ4v) is 3.32. The maximum atomic E-state index is 12.7. The SMILES string of the molecule is CCOC(CCCNC(=O)c1cc(C(=O)NC)c2c(c1)C(CC)CO2)OCC. The molecular formula is C21H32N2O5. The van der Waals surface area contributed by atoms with Crippen molar-refractivity contribution in [3.63, 3.8) is 0 Å². The zero-order valence-corrected chi connectivity index (χ0v) is 17.3. The molecule has 2 amide bonds. The van der Waals surface area contributed by atoms with E-state index in [1.54, 1.807) is 13.1 Å². The number of hydrogen-bond donors (Lipinski definition) is 2. The van der Waals surface area contributed by atoms with Gasteiger partial charge in [0.15, 0.2) is 6.29 Å². The summed E-state index contributed by atoms with van der Waals surface area (Å²) in [7, 11) is 1.57. The molecule has 0 aromatic heterocycles. The predicted octanol–water partition coefficient (Wildman–Crippen LogP) is 2.84. The van der Waals surface area contributed by atoms with Crippen LogP contribution in [0, 0.1) is 0 Å². The second kappa shape index (κ2) is 11.0. The second-order valence-corrected chi connectivity index (χ2v) is 6.68. The molecule has 2 N–H and O–H groups in total. The van der Waals surface area contributed by atoms with Gasteiger partial charge in [-0.2, -0.15) is 0 Å². The van der Waals surface area contributed by atoms with Gasteiger partial charge in [0.05, 0.1) is 12.2 Å². The van der Waals surface area contributed by atoms with Gasteiger partial charge in [-0.25, -0.2) is 0 Å². The highest BCUT2D eigenvalue weighted by Gasteiger charge is 2.29. The number of ether oxygens (including phenoxy) is 3. The molecule has 0 saturated heterocycles. The van der Waals surface area contributed by atoms with Crippen molar-refractivity contribution >= 4 is 11.8 Å². The second-order valence-electron chi connectivity index (χ2n) is 6.68. The molecule has 0 radical (unpaired) electrons. The van der Waals surface area contributed by atoms with Gasteiger partial charge >= 0.3 is 0 Å². The van der Waals surface area contributed by atoms with E-state index in [1.807, 2.05) is 19.9 Å². The third kappa shape index (κ3) is 5.45. The standard InChI is InChI=1S/C21H32N2O5/c1-5-14-13-28-19-16(14)11-15(12-17(19)21(25)22-4)20(24)23-10-8-9-18(26-6-2)27-7-3/h11-12,14,18H,5-10,13H2,1-4H3,(H,22,25)(H,23,24). The van der Waals surface area contributed by atoms with Crippen LogP contribution in [0.3, 0.4) is 0 Å². The Morgan fingerprint density at radius 2 is 1.89 bits per heavy atom. The number of benzene rings is 1. The number of fused-ring (bicyclic) bond motifs is 1. The van der Waals surface area contributed by atoms with Crippen molar-refractivity contribution in [3.8, 4) is 5.75 Å². The Labute approximate surface area is 167 Å². The van der Waals surface area contributed by atoms with Gasteiger partial charge < -0.3 is 24.8 Å². The van der Waals surface area contributed by atoms with Gasteiger partial charge in [0.25, 0.3) is 11.8 Å². The van der Waals surface area contributed by atoms with Crippen molar-refractivity contribution in [2.75, 3.05) is 33.4 Å². The molecule has 7 heteroatoms. The molecule has 1 aromatic carbocycles. The monoisotopic (exact) mass is 392 g/mol. The van der Waals surface area contributed by atoms with E-state index in [2.05, 4.69) is 17.6 Å². The Hall–Kier alpha value is -2.12. The molecule has 1 heterocycles. The van der Waals surface area contributed by atoms with Gasteiger partial charge in [0.1, 0.15) is 5.75 Å². The van der Waals surface area contributed by atoms with Crippen LogP contribution >= 0.6 is 0 Å². The van der Waals surface area contributed by atoms with E-state index in [1.165, 1.54) is 0 Å². The molecular weight excluding hydrogens is 360 g/mol. The number of hydrogen-bond acceptors (Lipinski definition) is 5. The summed E-state index contributed by atoms with van der Waals surface area (Å²) in [4.78, 5) is 24.9. The number of carbonyl (C=O) groups is 2. The fourth-order valence-electron chi connectivity index (χ4n) is 3.32. The molecule has 7 nitrogen and oxygen atoms in total. The third-order valence-corrected chi connectivity index (χ3v) is 4.82. The topological polar surface area (TPSA) is 85.9 Å². The van der Waals surface area contributed by atoms with Gasteiger partial charge in [-0.3, -0.25) is 9.59 Å². The zero-order valence-electron chi connectivity index (χ0n) is 17.3. The van der Waals surface area contributed by atoms with Crippen LogP contribution in [0.4, 0.5) is 0 Å². The Balaban J connectivity index is 2.04. The van der Waals surface area contributed by atoms with E-state index in [0.29, 0.717) is 49.7 Å². The van der Waals surface area contributed by atoms with Gasteiger partial charge in [0.2, 0.25) is 0 Å². The molecule has 2 rings (SSSR count). The molecule has 28 heavy (non-hydrogen) atoms. The van der Waals surface area contributed by atoms with Crippen LogP contribution in [0.15, 0.2) is 12.1 Å². The molecule has 0 aliphatic carbocycles. The van der Waals surface area contributed by atoms with Gasteiger partial charge in [-0.15, -0.1) is 0 Å². The fraction of sp³-hybridized carbons (Fsp3) is 0.619. The average molecular weight is 392 g/mol. The Morgan fingerprint density at radius 1 is 1.18 bits per heavy atom. The quantitative estimate of drug-likeness (QED) is 0.447. The van der Waals surface area contributed by atoms with Crippen molar-refractivity contribution in [2.24, 2.45) is 0 Å². The molecule has 1 atom stereocenters. The van der Waals surface area contributed by atoms with Crippen LogP contribution in [0.1, 0.15) is 72.2 Å². The summed E-state index contributed by atoms with van der Waals surface area (Å²) >= 11 is 0. The van der Waals surface area contributed by atoms with Crippen LogP contribution in [0.25, 0.3) is 0 Å². The first-order valence-electron chi connectivity index (χ1n) is 10.1. The van der Waals surface area contributed by atoms with E-state index < -0.39 is 0 Å². The number of rotatable bonds is 11. The summed E-state index contributed by atoms with van der Waals surface area (Å²) < 4.78 is 16.8. The van der Waals surface area contributed by atoms with E-state index in [0.717, 1.165) is 18.4 Å². The lowest BCUT2D eigenvalue weighted by atomic mass is 9.94. The lowest BCUT2D eigenvalue weighted by Gasteiger charge is -2.17.